The van der Waals surface area contributed by atoms with E-state index in [1.165, 1.54) is 0 Å². The summed E-state index contributed by atoms with van der Waals surface area (Å²) in [5.41, 5.74) is 2.78. The number of anilines is 1. The lowest BCUT2D eigenvalue weighted by Gasteiger charge is -2.12. The number of aryl methyl sites for hydroxylation is 1. The molecule has 1 aromatic heterocycles. The van der Waals surface area contributed by atoms with E-state index in [1.807, 2.05) is 32.0 Å². The zero-order chi connectivity index (χ0) is 20.8. The third kappa shape index (κ3) is 5.56. The van der Waals surface area contributed by atoms with Crippen LogP contribution in [0.5, 0.6) is 11.5 Å². The highest BCUT2D eigenvalue weighted by Crippen LogP contribution is 2.29. The molecule has 1 atom stereocenters. The normalized spacial score (nSPS) is 11.7. The van der Waals surface area contributed by atoms with Crippen molar-refractivity contribution in [2.24, 2.45) is 0 Å². The van der Waals surface area contributed by atoms with E-state index in [0.29, 0.717) is 39.9 Å². The zero-order valence-electron chi connectivity index (χ0n) is 16.6. The largest absolute Gasteiger partial charge is 0.456 e. The monoisotopic (exact) mass is 410 g/mol. The number of nitrogens with one attached hydrogen (secondary N) is 1. The molecule has 0 fully saturated rings. The molecule has 5 nitrogen and oxygen atoms in total. The number of benzene rings is 2. The summed E-state index contributed by atoms with van der Waals surface area (Å²) in [7, 11) is 1.67. The molecule has 0 bridgehead atoms. The number of aromatic nitrogens is 1. The lowest BCUT2D eigenvalue weighted by Crippen LogP contribution is -2.16. The van der Waals surface area contributed by atoms with Gasteiger partial charge in [0, 0.05) is 24.9 Å². The molecule has 150 valence electrons. The Hall–Kier alpha value is -2.89. The highest BCUT2D eigenvalue weighted by molar-refractivity contribution is 6.32. The molecule has 6 heteroatoms. The Bertz CT molecular complexity index is 990. The van der Waals surface area contributed by atoms with Crippen molar-refractivity contribution in [3.63, 3.8) is 0 Å². The lowest BCUT2D eigenvalue weighted by molar-refractivity contribution is 0.102. The second-order valence-electron chi connectivity index (χ2n) is 6.70. The number of methoxy groups -OCH3 is 1. The molecular weight excluding hydrogens is 388 g/mol. The Morgan fingerprint density at radius 1 is 1.10 bits per heavy atom. The fourth-order valence-corrected chi connectivity index (χ4v) is 2.98. The van der Waals surface area contributed by atoms with E-state index in [0.717, 1.165) is 5.69 Å². The molecule has 1 unspecified atom stereocenters. The van der Waals surface area contributed by atoms with Crippen molar-refractivity contribution in [1.29, 1.82) is 0 Å². The summed E-state index contributed by atoms with van der Waals surface area (Å²) < 4.78 is 11.0. The van der Waals surface area contributed by atoms with Gasteiger partial charge in [-0.05, 0) is 62.4 Å². The van der Waals surface area contributed by atoms with E-state index < -0.39 is 0 Å². The van der Waals surface area contributed by atoms with Crippen LogP contribution in [0.1, 0.15) is 28.7 Å². The maximum Gasteiger partial charge on any atom is 0.257 e. The highest BCUT2D eigenvalue weighted by Gasteiger charge is 2.12. The van der Waals surface area contributed by atoms with E-state index >= 15 is 0 Å². The summed E-state index contributed by atoms with van der Waals surface area (Å²) in [5, 5.41) is 3.43. The predicted molar refractivity (Wildman–Crippen MR) is 115 cm³/mol. The number of carbonyl (C=O) groups excluding carboxylic acids is 1. The first-order valence-corrected chi connectivity index (χ1v) is 9.67. The van der Waals surface area contributed by atoms with Gasteiger partial charge in [-0.3, -0.25) is 9.78 Å². The number of hydrogen-bond acceptors (Lipinski definition) is 4. The molecule has 29 heavy (non-hydrogen) atoms. The quantitative estimate of drug-likeness (QED) is 0.545. The van der Waals surface area contributed by atoms with Crippen LogP contribution in [-0.4, -0.2) is 24.1 Å². The van der Waals surface area contributed by atoms with Gasteiger partial charge in [0.2, 0.25) is 0 Å². The summed E-state index contributed by atoms with van der Waals surface area (Å²) in [5.74, 6) is 1.00. The Balaban J connectivity index is 1.65. The maximum atomic E-state index is 12.6. The van der Waals surface area contributed by atoms with Crippen molar-refractivity contribution in [3.8, 4) is 11.5 Å². The molecule has 3 aromatic rings. The van der Waals surface area contributed by atoms with Gasteiger partial charge in [-0.1, -0.05) is 23.7 Å². The van der Waals surface area contributed by atoms with E-state index in [9.17, 15) is 4.79 Å². The number of amides is 1. The summed E-state index contributed by atoms with van der Waals surface area (Å²) in [4.78, 5) is 17.1. The number of para-hydroxylation sites is 1. The van der Waals surface area contributed by atoms with Crippen molar-refractivity contribution >= 4 is 23.2 Å². The van der Waals surface area contributed by atoms with E-state index in [2.05, 4.69) is 10.3 Å². The summed E-state index contributed by atoms with van der Waals surface area (Å²) >= 11 is 6.11. The Morgan fingerprint density at radius 2 is 1.83 bits per heavy atom. The number of halogens is 1. The van der Waals surface area contributed by atoms with Gasteiger partial charge in [0.05, 0.1) is 22.4 Å². The van der Waals surface area contributed by atoms with Crippen LogP contribution >= 0.6 is 11.6 Å². The smallest absolute Gasteiger partial charge is 0.257 e. The van der Waals surface area contributed by atoms with Gasteiger partial charge in [0.15, 0.2) is 0 Å². The van der Waals surface area contributed by atoms with Gasteiger partial charge < -0.3 is 14.8 Å². The van der Waals surface area contributed by atoms with Crippen molar-refractivity contribution < 1.29 is 14.3 Å². The number of pyridine rings is 1. The van der Waals surface area contributed by atoms with Crippen molar-refractivity contribution in [3.05, 3.63) is 82.6 Å². The van der Waals surface area contributed by atoms with Gasteiger partial charge in [-0.2, -0.15) is 0 Å². The number of hydrogen-bond donors (Lipinski definition) is 1. The van der Waals surface area contributed by atoms with Crippen LogP contribution in [0.4, 0.5) is 5.69 Å². The Morgan fingerprint density at radius 3 is 2.48 bits per heavy atom. The lowest BCUT2D eigenvalue weighted by atomic mass is 10.1. The van der Waals surface area contributed by atoms with E-state index in [4.69, 9.17) is 21.1 Å². The molecule has 0 aliphatic carbocycles. The summed E-state index contributed by atoms with van der Waals surface area (Å²) in [6, 6.07) is 18.0. The van der Waals surface area contributed by atoms with Crippen LogP contribution in [0.2, 0.25) is 5.02 Å². The maximum absolute atomic E-state index is 12.6. The molecular formula is C23H23ClN2O3. The first-order chi connectivity index (χ1) is 14.0. The third-order valence-corrected chi connectivity index (χ3v) is 4.78. The number of nitrogens with zero attached hydrogens (tertiary/aromatic N) is 1. The molecule has 1 N–H and O–H groups in total. The van der Waals surface area contributed by atoms with Crippen molar-refractivity contribution in [2.45, 2.75) is 26.4 Å². The average Bonchev–Trinajstić information content (AvgIpc) is 2.71. The van der Waals surface area contributed by atoms with Crippen LogP contribution in [0, 0.1) is 6.92 Å². The minimum Gasteiger partial charge on any atom is -0.456 e. The van der Waals surface area contributed by atoms with Gasteiger partial charge in [0.25, 0.3) is 5.91 Å². The van der Waals surface area contributed by atoms with Gasteiger partial charge >= 0.3 is 0 Å². The molecule has 1 amide bonds. The second-order valence-corrected chi connectivity index (χ2v) is 7.10. The number of rotatable bonds is 7. The SMILES string of the molecule is COC(C)Cc1ccc(C(=O)Nc2ccc(Oc3ccccc3Cl)cc2)c(C)n1. The van der Waals surface area contributed by atoms with Crippen LogP contribution in [0.3, 0.4) is 0 Å². The number of carbonyl (C=O) groups is 1. The minimum absolute atomic E-state index is 0.0769. The minimum atomic E-state index is -0.207. The topological polar surface area (TPSA) is 60.5 Å². The summed E-state index contributed by atoms with van der Waals surface area (Å²) in [6.45, 7) is 3.81. The fourth-order valence-electron chi connectivity index (χ4n) is 2.80. The van der Waals surface area contributed by atoms with E-state index in [-0.39, 0.29) is 12.0 Å². The zero-order valence-corrected chi connectivity index (χ0v) is 17.4. The van der Waals surface area contributed by atoms with Crippen LogP contribution < -0.4 is 10.1 Å². The fraction of sp³-hybridized carbons (Fsp3) is 0.217. The second kappa shape index (κ2) is 9.54. The van der Waals surface area contributed by atoms with Crippen molar-refractivity contribution in [1.82, 2.24) is 4.98 Å². The Kier molecular flexibility index (Phi) is 6.86. The molecule has 0 saturated heterocycles. The first-order valence-electron chi connectivity index (χ1n) is 9.29. The molecule has 0 spiro atoms. The van der Waals surface area contributed by atoms with Crippen LogP contribution in [0.15, 0.2) is 60.7 Å². The Labute approximate surface area is 175 Å². The number of ether oxygens (including phenoxy) is 2. The molecule has 1 heterocycles. The van der Waals surface area contributed by atoms with Gasteiger partial charge in [-0.15, -0.1) is 0 Å². The van der Waals surface area contributed by atoms with Crippen molar-refractivity contribution in [2.75, 3.05) is 12.4 Å². The third-order valence-electron chi connectivity index (χ3n) is 4.46. The van der Waals surface area contributed by atoms with E-state index in [1.54, 1.807) is 49.6 Å². The standard InChI is InChI=1S/C23H23ClN2O3/c1-15(28-3)14-18-10-13-20(16(2)25-18)23(27)26-17-8-11-19(12-9-17)29-22-7-5-4-6-21(22)24/h4-13,15H,14H2,1-3H3,(H,26,27). The molecule has 2 aromatic carbocycles. The molecule has 0 aliphatic heterocycles. The molecule has 0 aliphatic rings. The average molecular weight is 411 g/mol. The first kappa shape index (κ1) is 20.8. The van der Waals surface area contributed by atoms with Crippen LogP contribution in [-0.2, 0) is 11.2 Å². The summed E-state index contributed by atoms with van der Waals surface area (Å²) in [6.07, 6.45) is 0.777. The predicted octanol–water partition coefficient (Wildman–Crippen LogP) is 5.67. The molecule has 0 radical (unpaired) electrons. The molecule has 3 rings (SSSR count). The highest BCUT2D eigenvalue weighted by atomic mass is 35.5. The van der Waals surface area contributed by atoms with Gasteiger partial charge in [0.1, 0.15) is 11.5 Å². The molecule has 0 saturated carbocycles. The van der Waals surface area contributed by atoms with Gasteiger partial charge in [-0.25, -0.2) is 0 Å². The van der Waals surface area contributed by atoms with Crippen LogP contribution in [0.25, 0.3) is 0 Å².